The van der Waals surface area contributed by atoms with Crippen LogP contribution >= 0.6 is 0 Å². The Morgan fingerprint density at radius 3 is 2.68 bits per heavy atom. The van der Waals surface area contributed by atoms with Crippen LogP contribution in [0.3, 0.4) is 0 Å². The predicted octanol–water partition coefficient (Wildman–Crippen LogP) is 2.62. The molecule has 2 aromatic rings. The van der Waals surface area contributed by atoms with E-state index in [2.05, 4.69) is 22.1 Å². The zero-order valence-electron chi connectivity index (χ0n) is 14.8. The van der Waals surface area contributed by atoms with Crippen molar-refractivity contribution in [1.29, 1.82) is 0 Å². The summed E-state index contributed by atoms with van der Waals surface area (Å²) in [6.45, 7) is 4.79. The average molecular weight is 339 g/mol. The van der Waals surface area contributed by atoms with Gasteiger partial charge in [0.1, 0.15) is 5.82 Å². The van der Waals surface area contributed by atoms with Gasteiger partial charge in [0, 0.05) is 32.9 Å². The lowest BCUT2D eigenvalue weighted by Gasteiger charge is -2.17. The second-order valence-corrected chi connectivity index (χ2v) is 6.60. The number of rotatable bonds is 6. The van der Waals surface area contributed by atoms with Crippen LogP contribution in [0.5, 0.6) is 0 Å². The molecule has 2 heterocycles. The number of carbonyl (C=O) groups is 1. The van der Waals surface area contributed by atoms with Gasteiger partial charge in [-0.2, -0.15) is 0 Å². The summed E-state index contributed by atoms with van der Waals surface area (Å²) in [7, 11) is 1.68. The normalized spacial score (nSPS) is 19.8. The summed E-state index contributed by atoms with van der Waals surface area (Å²) in [5.74, 6) is 1.33. The van der Waals surface area contributed by atoms with Crippen LogP contribution in [0, 0.1) is 11.8 Å². The van der Waals surface area contributed by atoms with Gasteiger partial charge in [-0.15, -0.1) is 0 Å². The number of hydrogen-bond donors (Lipinski definition) is 1. The summed E-state index contributed by atoms with van der Waals surface area (Å²) >= 11 is 0. The van der Waals surface area contributed by atoms with E-state index in [0.717, 1.165) is 23.5 Å². The average Bonchev–Trinajstić information content (AvgIpc) is 3.04. The monoisotopic (exact) mass is 339 g/mol. The molecule has 5 heteroatoms. The van der Waals surface area contributed by atoms with Gasteiger partial charge in [0.2, 0.25) is 5.91 Å². The lowest BCUT2D eigenvalue weighted by Crippen LogP contribution is -2.34. The third kappa shape index (κ3) is 4.17. The summed E-state index contributed by atoms with van der Waals surface area (Å²) in [6.07, 6.45) is 1.79. The Hall–Kier alpha value is -2.40. The molecular formula is C20H25N3O2. The Morgan fingerprint density at radius 2 is 1.96 bits per heavy atom. The van der Waals surface area contributed by atoms with Gasteiger partial charge < -0.3 is 15.0 Å². The summed E-state index contributed by atoms with van der Waals surface area (Å²) in [5.41, 5.74) is 2.21. The highest BCUT2D eigenvalue weighted by atomic mass is 16.5. The molecule has 1 aromatic carbocycles. The van der Waals surface area contributed by atoms with Gasteiger partial charge in [-0.3, -0.25) is 4.79 Å². The third-order valence-electron chi connectivity index (χ3n) is 4.79. The van der Waals surface area contributed by atoms with Crippen molar-refractivity contribution in [3.05, 3.63) is 59.8 Å². The molecule has 0 unspecified atom stereocenters. The maximum absolute atomic E-state index is 12.7. The van der Waals surface area contributed by atoms with Gasteiger partial charge in [-0.05, 0) is 29.2 Å². The van der Waals surface area contributed by atoms with Crippen LogP contribution in [0.2, 0.25) is 0 Å². The second kappa shape index (κ2) is 8.12. The fraction of sp³-hybridized carbons (Fsp3) is 0.400. The van der Waals surface area contributed by atoms with E-state index in [1.54, 1.807) is 13.3 Å². The number of benzene rings is 1. The van der Waals surface area contributed by atoms with Crippen molar-refractivity contribution >= 4 is 11.7 Å². The first kappa shape index (κ1) is 17.4. The van der Waals surface area contributed by atoms with Crippen molar-refractivity contribution in [2.45, 2.75) is 20.1 Å². The number of amides is 1. The molecule has 0 bridgehead atoms. The molecule has 1 saturated heterocycles. The quantitative estimate of drug-likeness (QED) is 0.879. The van der Waals surface area contributed by atoms with Gasteiger partial charge in [-0.25, -0.2) is 4.98 Å². The highest BCUT2D eigenvalue weighted by Gasteiger charge is 2.35. The molecule has 0 spiro atoms. The molecule has 1 aliphatic heterocycles. The number of methoxy groups -OCH3 is 1. The molecule has 1 aromatic heterocycles. The van der Waals surface area contributed by atoms with E-state index in [0.29, 0.717) is 25.6 Å². The first-order valence-electron chi connectivity index (χ1n) is 8.68. The van der Waals surface area contributed by atoms with Gasteiger partial charge in [0.05, 0.1) is 12.5 Å². The zero-order valence-corrected chi connectivity index (χ0v) is 14.8. The largest absolute Gasteiger partial charge is 0.380 e. The third-order valence-corrected chi connectivity index (χ3v) is 4.79. The number of anilines is 1. The van der Waals surface area contributed by atoms with E-state index in [-0.39, 0.29) is 11.8 Å². The summed E-state index contributed by atoms with van der Waals surface area (Å²) in [5, 5.41) is 3.10. The fourth-order valence-electron chi connectivity index (χ4n) is 3.38. The SMILES string of the molecule is COCc1ccccc1CNC(=O)[C@@H]1CN(c2ccccn2)C[C@H]1C. The number of aromatic nitrogens is 1. The van der Waals surface area contributed by atoms with Crippen molar-refractivity contribution in [3.63, 3.8) is 0 Å². The summed E-state index contributed by atoms with van der Waals surface area (Å²) in [4.78, 5) is 19.3. The van der Waals surface area contributed by atoms with Crippen molar-refractivity contribution < 1.29 is 9.53 Å². The van der Waals surface area contributed by atoms with Crippen LogP contribution in [0.1, 0.15) is 18.1 Å². The Balaban J connectivity index is 1.60. The van der Waals surface area contributed by atoms with Crippen LogP contribution in [-0.2, 0) is 22.7 Å². The van der Waals surface area contributed by atoms with Crippen LogP contribution in [0.25, 0.3) is 0 Å². The van der Waals surface area contributed by atoms with Gasteiger partial charge in [-0.1, -0.05) is 37.3 Å². The number of nitrogens with one attached hydrogen (secondary N) is 1. The summed E-state index contributed by atoms with van der Waals surface area (Å²) < 4.78 is 5.23. The first-order valence-corrected chi connectivity index (χ1v) is 8.68. The smallest absolute Gasteiger partial charge is 0.225 e. The molecule has 132 valence electrons. The molecule has 0 saturated carbocycles. The minimum atomic E-state index is -0.0170. The Bertz CT molecular complexity index is 705. The predicted molar refractivity (Wildman–Crippen MR) is 98.1 cm³/mol. The van der Waals surface area contributed by atoms with E-state index in [1.165, 1.54) is 0 Å². The van der Waals surface area contributed by atoms with Crippen molar-refractivity contribution in [1.82, 2.24) is 10.3 Å². The highest BCUT2D eigenvalue weighted by Crippen LogP contribution is 2.27. The molecule has 1 fully saturated rings. The molecule has 0 radical (unpaired) electrons. The molecule has 1 aliphatic rings. The molecule has 1 N–H and O–H groups in total. The van der Waals surface area contributed by atoms with Gasteiger partial charge in [0.25, 0.3) is 0 Å². The Morgan fingerprint density at radius 1 is 1.20 bits per heavy atom. The number of nitrogens with zero attached hydrogens (tertiary/aromatic N) is 2. The molecule has 25 heavy (non-hydrogen) atoms. The number of carbonyl (C=O) groups excluding carboxylic acids is 1. The molecule has 2 atom stereocenters. The van der Waals surface area contributed by atoms with Crippen LogP contribution < -0.4 is 10.2 Å². The second-order valence-electron chi connectivity index (χ2n) is 6.60. The van der Waals surface area contributed by atoms with E-state index < -0.39 is 0 Å². The minimum absolute atomic E-state index is 0.0170. The van der Waals surface area contributed by atoms with E-state index in [9.17, 15) is 4.79 Å². The number of hydrogen-bond acceptors (Lipinski definition) is 4. The highest BCUT2D eigenvalue weighted by molar-refractivity contribution is 5.80. The van der Waals surface area contributed by atoms with Crippen LogP contribution in [0.4, 0.5) is 5.82 Å². The van der Waals surface area contributed by atoms with Crippen molar-refractivity contribution in [3.8, 4) is 0 Å². The standard InChI is InChI=1S/C20H25N3O2/c1-15-12-23(19-9-5-6-10-21-19)13-18(15)20(24)22-11-16-7-3-4-8-17(16)14-25-2/h3-10,15,18H,11-14H2,1-2H3,(H,22,24)/t15-,18-/m1/s1. The van der Waals surface area contributed by atoms with Crippen molar-refractivity contribution in [2.24, 2.45) is 11.8 Å². The maximum Gasteiger partial charge on any atom is 0.225 e. The number of pyridine rings is 1. The maximum atomic E-state index is 12.7. The van der Waals surface area contributed by atoms with E-state index >= 15 is 0 Å². The summed E-state index contributed by atoms with van der Waals surface area (Å²) in [6, 6.07) is 13.9. The fourth-order valence-corrected chi connectivity index (χ4v) is 3.38. The van der Waals surface area contributed by atoms with Gasteiger partial charge >= 0.3 is 0 Å². The van der Waals surface area contributed by atoms with Crippen LogP contribution in [0.15, 0.2) is 48.7 Å². The number of ether oxygens (including phenoxy) is 1. The van der Waals surface area contributed by atoms with Crippen molar-refractivity contribution in [2.75, 3.05) is 25.1 Å². The molecule has 1 amide bonds. The molecular weight excluding hydrogens is 314 g/mol. The first-order chi connectivity index (χ1) is 12.2. The zero-order chi connectivity index (χ0) is 17.6. The lowest BCUT2D eigenvalue weighted by molar-refractivity contribution is -0.125. The minimum Gasteiger partial charge on any atom is -0.380 e. The van der Waals surface area contributed by atoms with E-state index in [4.69, 9.17) is 4.74 Å². The Kier molecular flexibility index (Phi) is 5.66. The van der Waals surface area contributed by atoms with Crippen LogP contribution in [-0.4, -0.2) is 31.1 Å². The lowest BCUT2D eigenvalue weighted by atomic mass is 9.97. The molecule has 0 aliphatic carbocycles. The van der Waals surface area contributed by atoms with E-state index in [1.807, 2.05) is 42.5 Å². The van der Waals surface area contributed by atoms with Gasteiger partial charge in [0.15, 0.2) is 0 Å². The topological polar surface area (TPSA) is 54.5 Å². The molecule has 5 nitrogen and oxygen atoms in total. The Labute approximate surface area is 149 Å². The molecule has 3 rings (SSSR count).